The maximum absolute atomic E-state index is 14.6. The summed E-state index contributed by atoms with van der Waals surface area (Å²) in [6.07, 6.45) is 0.471. The molecule has 3 aromatic rings. The lowest BCUT2D eigenvalue weighted by atomic mass is 9.87. The van der Waals surface area contributed by atoms with E-state index in [1.165, 1.54) is 35.2 Å². The Morgan fingerprint density at radius 3 is 2.64 bits per heavy atom. The molecule has 5 rings (SSSR count). The molecule has 3 amide bonds. The zero-order valence-corrected chi connectivity index (χ0v) is 23.2. The monoisotopic (exact) mass is 593 g/mol. The molecule has 1 aromatic heterocycles. The van der Waals surface area contributed by atoms with E-state index in [4.69, 9.17) is 16.3 Å². The van der Waals surface area contributed by atoms with E-state index in [1.807, 2.05) is 6.07 Å². The van der Waals surface area contributed by atoms with Gasteiger partial charge in [0.2, 0.25) is 11.8 Å². The number of nitriles is 1. The molecule has 1 aliphatic carbocycles. The number of carbonyl (C=O) groups excluding carboxylic acids is 3. The standard InChI is InChI=1S/C30H26ClF2N5O4/c1-42-21-6-4-5-20(14-21)37(29(41)24-9-10-26(39)38(24)25-13-18(17-34)11-12-35-25)27(22-7-2-3-8-23(22)31)28(40)36-19-15-30(32,33)16-19/h2-8,11-14,19,24,27H,9-10,15-16H2,1H3,(H,36,40)/t24-,27-/m0/s1. The quantitative estimate of drug-likeness (QED) is 0.401. The predicted octanol–water partition coefficient (Wildman–Crippen LogP) is 4.80. The number of hydrogen-bond acceptors (Lipinski definition) is 6. The number of nitrogens with zero attached hydrogens (tertiary/aromatic N) is 4. The Hall–Kier alpha value is -4.56. The van der Waals surface area contributed by atoms with Crippen molar-refractivity contribution >= 4 is 40.8 Å². The van der Waals surface area contributed by atoms with Crippen molar-refractivity contribution in [1.82, 2.24) is 10.3 Å². The van der Waals surface area contributed by atoms with Gasteiger partial charge in [-0.1, -0.05) is 35.9 Å². The highest BCUT2D eigenvalue weighted by molar-refractivity contribution is 6.31. The number of alkyl halides is 2. The number of methoxy groups -OCH3 is 1. The lowest BCUT2D eigenvalue weighted by Gasteiger charge is -2.39. The van der Waals surface area contributed by atoms with Crippen LogP contribution in [0, 0.1) is 11.3 Å². The van der Waals surface area contributed by atoms with Crippen molar-refractivity contribution in [3.8, 4) is 11.8 Å². The number of carbonyl (C=O) groups is 3. The number of nitrogens with one attached hydrogen (secondary N) is 1. The van der Waals surface area contributed by atoms with Crippen LogP contribution in [-0.4, -0.2) is 47.8 Å². The van der Waals surface area contributed by atoms with Gasteiger partial charge in [-0.2, -0.15) is 5.26 Å². The van der Waals surface area contributed by atoms with Crippen LogP contribution < -0.4 is 19.9 Å². The van der Waals surface area contributed by atoms with Crippen LogP contribution >= 0.6 is 11.6 Å². The summed E-state index contributed by atoms with van der Waals surface area (Å²) in [5.74, 6) is -4.08. The Kier molecular flexibility index (Phi) is 8.09. The number of hydrogen-bond donors (Lipinski definition) is 1. The molecule has 1 aliphatic heterocycles. The molecule has 0 bridgehead atoms. The van der Waals surface area contributed by atoms with E-state index in [0.29, 0.717) is 5.75 Å². The zero-order chi connectivity index (χ0) is 30.0. The summed E-state index contributed by atoms with van der Waals surface area (Å²) in [6.45, 7) is 0. The van der Waals surface area contributed by atoms with E-state index in [0.717, 1.165) is 0 Å². The van der Waals surface area contributed by atoms with Gasteiger partial charge in [0.15, 0.2) is 0 Å². The van der Waals surface area contributed by atoms with Crippen molar-refractivity contribution in [2.45, 2.75) is 49.7 Å². The molecular weight excluding hydrogens is 568 g/mol. The summed E-state index contributed by atoms with van der Waals surface area (Å²) in [5, 5.41) is 12.2. The third-order valence-electron chi connectivity index (χ3n) is 7.33. The van der Waals surface area contributed by atoms with Gasteiger partial charge in [-0.3, -0.25) is 24.2 Å². The minimum Gasteiger partial charge on any atom is -0.497 e. The van der Waals surface area contributed by atoms with Crippen LogP contribution in [0.1, 0.15) is 42.9 Å². The van der Waals surface area contributed by atoms with Gasteiger partial charge in [-0.25, -0.2) is 13.8 Å². The molecule has 2 fully saturated rings. The molecule has 1 saturated carbocycles. The maximum Gasteiger partial charge on any atom is 0.252 e. The Morgan fingerprint density at radius 2 is 1.95 bits per heavy atom. The Labute approximate surface area is 245 Å². The second-order valence-electron chi connectivity index (χ2n) is 10.1. The number of aromatic nitrogens is 1. The highest BCUT2D eigenvalue weighted by Crippen LogP contribution is 2.40. The van der Waals surface area contributed by atoms with E-state index in [2.05, 4.69) is 10.3 Å². The number of benzene rings is 2. The van der Waals surface area contributed by atoms with Gasteiger partial charge in [0, 0.05) is 53.8 Å². The summed E-state index contributed by atoms with van der Waals surface area (Å²) >= 11 is 6.56. The third-order valence-corrected chi connectivity index (χ3v) is 7.67. The number of rotatable bonds is 8. The summed E-state index contributed by atoms with van der Waals surface area (Å²) in [6, 6.07) is 14.5. The minimum absolute atomic E-state index is 0.0287. The van der Waals surface area contributed by atoms with Crippen LogP contribution in [0.5, 0.6) is 5.75 Å². The molecule has 1 saturated heterocycles. The van der Waals surface area contributed by atoms with E-state index in [9.17, 15) is 28.4 Å². The molecule has 42 heavy (non-hydrogen) atoms. The Morgan fingerprint density at radius 1 is 1.19 bits per heavy atom. The van der Waals surface area contributed by atoms with Crippen molar-refractivity contribution in [3.63, 3.8) is 0 Å². The number of amides is 3. The molecule has 0 radical (unpaired) electrons. The molecule has 12 heteroatoms. The highest BCUT2D eigenvalue weighted by atomic mass is 35.5. The number of anilines is 2. The first-order valence-electron chi connectivity index (χ1n) is 13.2. The molecule has 2 aromatic carbocycles. The molecular formula is C30H26ClF2N5O4. The summed E-state index contributed by atoms with van der Waals surface area (Å²) in [4.78, 5) is 48.3. The zero-order valence-electron chi connectivity index (χ0n) is 22.5. The topological polar surface area (TPSA) is 116 Å². The van der Waals surface area contributed by atoms with Crippen molar-refractivity contribution in [2.24, 2.45) is 0 Å². The van der Waals surface area contributed by atoms with Gasteiger partial charge in [-0.15, -0.1) is 0 Å². The summed E-state index contributed by atoms with van der Waals surface area (Å²) in [5.41, 5.74) is 0.775. The number of pyridine rings is 1. The van der Waals surface area contributed by atoms with Gasteiger partial charge in [0.05, 0.1) is 18.7 Å². The van der Waals surface area contributed by atoms with Gasteiger partial charge >= 0.3 is 0 Å². The lowest BCUT2D eigenvalue weighted by Crippen LogP contribution is -2.56. The largest absolute Gasteiger partial charge is 0.497 e. The lowest BCUT2D eigenvalue weighted by molar-refractivity contribution is -0.133. The molecule has 9 nitrogen and oxygen atoms in total. The Bertz CT molecular complexity index is 1570. The first-order chi connectivity index (χ1) is 20.1. The second kappa shape index (κ2) is 11.7. The van der Waals surface area contributed by atoms with Crippen LogP contribution in [0.2, 0.25) is 5.02 Å². The van der Waals surface area contributed by atoms with Crippen LogP contribution in [0.25, 0.3) is 0 Å². The minimum atomic E-state index is -2.88. The smallest absolute Gasteiger partial charge is 0.252 e. The van der Waals surface area contributed by atoms with Crippen molar-refractivity contribution in [2.75, 3.05) is 16.9 Å². The second-order valence-corrected chi connectivity index (χ2v) is 10.5. The van der Waals surface area contributed by atoms with Gasteiger partial charge < -0.3 is 10.1 Å². The first kappa shape index (κ1) is 29.0. The molecule has 216 valence electrons. The van der Waals surface area contributed by atoms with Crippen molar-refractivity contribution < 1.29 is 27.9 Å². The van der Waals surface area contributed by atoms with E-state index >= 15 is 0 Å². The number of halogens is 3. The summed E-state index contributed by atoms with van der Waals surface area (Å²) < 4.78 is 32.7. The molecule has 1 N–H and O–H groups in total. The fourth-order valence-corrected chi connectivity index (χ4v) is 5.53. The maximum atomic E-state index is 14.6. The third kappa shape index (κ3) is 5.76. The Balaban J connectivity index is 1.62. The van der Waals surface area contributed by atoms with Gasteiger partial charge in [0.25, 0.3) is 11.8 Å². The van der Waals surface area contributed by atoms with Gasteiger partial charge in [0.1, 0.15) is 23.7 Å². The van der Waals surface area contributed by atoms with Crippen LogP contribution in [-0.2, 0) is 14.4 Å². The molecule has 2 aliphatic rings. The fourth-order valence-electron chi connectivity index (χ4n) is 5.29. The molecule has 0 spiro atoms. The molecule has 2 atom stereocenters. The van der Waals surface area contributed by atoms with Crippen molar-refractivity contribution in [3.05, 3.63) is 83.0 Å². The van der Waals surface area contributed by atoms with Crippen LogP contribution in [0.15, 0.2) is 66.9 Å². The van der Waals surface area contributed by atoms with Crippen molar-refractivity contribution in [1.29, 1.82) is 5.26 Å². The predicted molar refractivity (Wildman–Crippen MR) is 150 cm³/mol. The van der Waals surface area contributed by atoms with E-state index in [-0.39, 0.29) is 46.4 Å². The average molecular weight is 594 g/mol. The van der Waals surface area contributed by atoms with Crippen LogP contribution in [0.3, 0.4) is 0 Å². The van der Waals surface area contributed by atoms with Gasteiger partial charge in [-0.05, 0) is 36.8 Å². The van der Waals surface area contributed by atoms with Crippen LogP contribution in [0.4, 0.5) is 20.3 Å². The SMILES string of the molecule is COc1cccc(N(C(=O)[C@@H]2CCC(=O)N2c2cc(C#N)ccn2)[C@H](C(=O)NC2CC(F)(F)C2)c2ccccc2Cl)c1. The fraction of sp³-hybridized carbons (Fsp3) is 0.300. The van der Waals surface area contributed by atoms with E-state index < -0.39 is 48.7 Å². The van der Waals surface area contributed by atoms with E-state index in [1.54, 1.807) is 48.5 Å². The average Bonchev–Trinajstić information content (AvgIpc) is 3.36. The molecule has 2 heterocycles. The number of ether oxygens (including phenoxy) is 1. The molecule has 0 unspecified atom stereocenters. The summed E-state index contributed by atoms with van der Waals surface area (Å²) in [7, 11) is 1.45. The normalized spacial score (nSPS) is 18.5. The first-order valence-corrected chi connectivity index (χ1v) is 13.6. The highest BCUT2D eigenvalue weighted by Gasteiger charge is 2.48.